The van der Waals surface area contributed by atoms with E-state index in [4.69, 9.17) is 9.84 Å². The zero-order valence-corrected chi connectivity index (χ0v) is 25.7. The molecule has 1 spiro atoms. The molecule has 2 aromatic carbocycles. The van der Waals surface area contributed by atoms with Crippen LogP contribution in [0, 0.1) is 11.8 Å². The topological polar surface area (TPSA) is 108 Å². The normalized spacial score (nSPS) is 28.0. The standard InChI is InChI=1S/C31H38BrN3O5S/c1-2-40-22-14-12-21(13-15-22)34-28(37)24-25-30(39)35(16-8-3-4-9-17-36)27(31(25)18-23(32)26(24)41-31)29(38)33-19-20-10-6-5-7-11-20/h5-7,10-15,23-27,36H,2-4,8-9,16-19H2,1H3,(H,33,38)(H,34,37)/t23?,24-,25-,26-,27?,31?/m0/s1. The number of anilines is 1. The first-order chi connectivity index (χ1) is 19.9. The third kappa shape index (κ3) is 6.01. The number of hydrogen-bond acceptors (Lipinski definition) is 6. The van der Waals surface area contributed by atoms with E-state index in [-0.39, 0.29) is 34.4 Å². The average molecular weight is 645 g/mol. The van der Waals surface area contributed by atoms with Crippen LogP contribution in [-0.2, 0) is 20.9 Å². The van der Waals surface area contributed by atoms with Crippen molar-refractivity contribution in [2.75, 3.05) is 25.1 Å². The number of nitrogens with zero attached hydrogens (tertiary/aromatic N) is 1. The summed E-state index contributed by atoms with van der Waals surface area (Å²) in [6.07, 6.45) is 3.84. The maximum atomic E-state index is 14.2. The van der Waals surface area contributed by atoms with Gasteiger partial charge in [-0.1, -0.05) is 59.1 Å². The predicted molar refractivity (Wildman–Crippen MR) is 164 cm³/mol. The van der Waals surface area contributed by atoms with Gasteiger partial charge in [-0.3, -0.25) is 14.4 Å². The van der Waals surface area contributed by atoms with E-state index in [2.05, 4.69) is 26.6 Å². The number of carbonyl (C=O) groups excluding carboxylic acids is 3. The van der Waals surface area contributed by atoms with Crippen LogP contribution in [0.3, 0.4) is 0 Å². The van der Waals surface area contributed by atoms with Gasteiger partial charge in [-0.15, -0.1) is 11.8 Å². The van der Waals surface area contributed by atoms with Crippen molar-refractivity contribution in [2.45, 2.75) is 66.4 Å². The Hall–Kier alpha value is -2.56. The molecule has 3 saturated heterocycles. The van der Waals surface area contributed by atoms with Crippen molar-refractivity contribution >= 4 is 51.1 Å². The van der Waals surface area contributed by atoms with Gasteiger partial charge in [0.05, 0.1) is 23.2 Å². The summed E-state index contributed by atoms with van der Waals surface area (Å²) in [4.78, 5) is 43.6. The summed E-state index contributed by atoms with van der Waals surface area (Å²) in [5, 5.41) is 15.2. The van der Waals surface area contributed by atoms with Crippen LogP contribution >= 0.6 is 27.7 Å². The molecule has 3 heterocycles. The van der Waals surface area contributed by atoms with Crippen LogP contribution in [0.15, 0.2) is 54.6 Å². The van der Waals surface area contributed by atoms with Gasteiger partial charge in [0, 0.05) is 35.5 Å². The van der Waals surface area contributed by atoms with Crippen molar-refractivity contribution in [2.24, 2.45) is 11.8 Å². The first kappa shape index (κ1) is 29.9. The van der Waals surface area contributed by atoms with Gasteiger partial charge >= 0.3 is 0 Å². The summed E-state index contributed by atoms with van der Waals surface area (Å²) in [5.41, 5.74) is 1.64. The van der Waals surface area contributed by atoms with Crippen LogP contribution in [0.1, 0.15) is 44.6 Å². The van der Waals surface area contributed by atoms with Gasteiger partial charge in [-0.05, 0) is 56.0 Å². The minimum atomic E-state index is -0.678. The van der Waals surface area contributed by atoms with E-state index in [9.17, 15) is 14.4 Å². The molecule has 8 nitrogen and oxygen atoms in total. The van der Waals surface area contributed by atoms with E-state index in [0.29, 0.717) is 31.8 Å². The predicted octanol–water partition coefficient (Wildman–Crippen LogP) is 4.36. The first-order valence-electron chi connectivity index (χ1n) is 14.5. The van der Waals surface area contributed by atoms with E-state index >= 15 is 0 Å². The monoisotopic (exact) mass is 643 g/mol. The van der Waals surface area contributed by atoms with Gasteiger partial charge in [0.2, 0.25) is 17.7 Å². The number of aliphatic hydroxyl groups excluding tert-OH is 1. The Balaban J connectivity index is 1.38. The van der Waals surface area contributed by atoms with Crippen molar-refractivity contribution in [3.05, 3.63) is 60.2 Å². The Morgan fingerprint density at radius 2 is 1.80 bits per heavy atom. The van der Waals surface area contributed by atoms with Crippen LogP contribution < -0.4 is 15.4 Å². The fourth-order valence-corrected chi connectivity index (χ4v) is 10.2. The Morgan fingerprint density at radius 1 is 1.07 bits per heavy atom. The van der Waals surface area contributed by atoms with E-state index in [1.165, 1.54) is 0 Å². The summed E-state index contributed by atoms with van der Waals surface area (Å²) in [5.74, 6) is -0.858. The van der Waals surface area contributed by atoms with Crippen LogP contribution in [0.25, 0.3) is 0 Å². The third-order valence-electron chi connectivity index (χ3n) is 8.39. The minimum Gasteiger partial charge on any atom is -0.494 e. The molecule has 0 aromatic heterocycles. The van der Waals surface area contributed by atoms with E-state index in [1.54, 1.807) is 28.8 Å². The molecule has 2 aromatic rings. The van der Waals surface area contributed by atoms with Crippen molar-refractivity contribution in [3.8, 4) is 5.75 Å². The number of benzene rings is 2. The van der Waals surface area contributed by atoms with Gasteiger partial charge in [0.1, 0.15) is 11.8 Å². The van der Waals surface area contributed by atoms with Crippen molar-refractivity contribution in [3.63, 3.8) is 0 Å². The number of halogens is 1. The first-order valence-corrected chi connectivity index (χ1v) is 16.3. The fourth-order valence-electron chi connectivity index (χ4n) is 6.63. The number of rotatable bonds is 13. The molecule has 2 bridgehead atoms. The molecule has 3 aliphatic heterocycles. The van der Waals surface area contributed by atoms with Gasteiger partial charge in [0.15, 0.2) is 0 Å². The number of aliphatic hydroxyl groups is 1. The summed E-state index contributed by atoms with van der Waals surface area (Å²) in [6.45, 7) is 3.46. The number of amides is 3. The molecule has 3 N–H and O–H groups in total. The number of thioether (sulfide) groups is 1. The van der Waals surface area contributed by atoms with Crippen molar-refractivity contribution in [1.29, 1.82) is 0 Å². The number of carbonyl (C=O) groups is 3. The Bertz CT molecular complexity index is 1230. The van der Waals surface area contributed by atoms with E-state index < -0.39 is 22.6 Å². The number of hydrogen-bond donors (Lipinski definition) is 3. The van der Waals surface area contributed by atoms with Gasteiger partial charge < -0.3 is 25.4 Å². The molecule has 0 radical (unpaired) electrons. The largest absolute Gasteiger partial charge is 0.494 e. The highest BCUT2D eigenvalue weighted by Gasteiger charge is 2.75. The molecule has 0 saturated carbocycles. The molecule has 10 heteroatoms. The lowest BCUT2D eigenvalue weighted by Crippen LogP contribution is -2.54. The highest BCUT2D eigenvalue weighted by atomic mass is 79.9. The number of ether oxygens (including phenoxy) is 1. The van der Waals surface area contributed by atoms with Crippen molar-refractivity contribution in [1.82, 2.24) is 10.2 Å². The maximum absolute atomic E-state index is 14.2. The molecule has 3 unspecified atom stereocenters. The third-order valence-corrected chi connectivity index (χ3v) is 11.6. The minimum absolute atomic E-state index is 0.0153. The van der Waals surface area contributed by atoms with E-state index in [0.717, 1.165) is 37.0 Å². The smallest absolute Gasteiger partial charge is 0.244 e. The Morgan fingerprint density at radius 3 is 2.51 bits per heavy atom. The highest BCUT2D eigenvalue weighted by Crippen LogP contribution is 2.67. The number of likely N-dealkylation sites (tertiary alicyclic amines) is 1. The van der Waals surface area contributed by atoms with Crippen molar-refractivity contribution < 1.29 is 24.2 Å². The fraction of sp³-hybridized carbons (Fsp3) is 0.516. The molecule has 3 fully saturated rings. The molecule has 3 amide bonds. The SMILES string of the molecule is CCOc1ccc(NC(=O)[C@H]2[C@H]3C(=O)N(CCCCCCO)C(C(=O)NCc4ccccc4)C34CC(Br)[C@@H]2S4)cc1. The highest BCUT2D eigenvalue weighted by molar-refractivity contribution is 9.09. The van der Waals surface area contributed by atoms with Gasteiger partial charge in [0.25, 0.3) is 0 Å². The molecule has 5 rings (SSSR count). The number of unbranched alkanes of at least 4 members (excludes halogenated alkanes) is 3. The quantitative estimate of drug-likeness (QED) is 0.221. The molecule has 6 atom stereocenters. The maximum Gasteiger partial charge on any atom is 0.244 e. The van der Waals surface area contributed by atoms with Crippen LogP contribution in [-0.4, -0.2) is 68.4 Å². The molecule has 0 aliphatic carbocycles. The van der Waals surface area contributed by atoms with E-state index in [1.807, 2.05) is 49.4 Å². The zero-order chi connectivity index (χ0) is 29.0. The summed E-state index contributed by atoms with van der Waals surface area (Å²) >= 11 is 5.46. The second-order valence-corrected chi connectivity index (χ2v) is 13.7. The lowest BCUT2D eigenvalue weighted by Gasteiger charge is -2.35. The molecule has 41 heavy (non-hydrogen) atoms. The average Bonchev–Trinajstić information content (AvgIpc) is 3.56. The van der Waals surface area contributed by atoms with Crippen LogP contribution in [0.2, 0.25) is 0 Å². The van der Waals surface area contributed by atoms with Gasteiger partial charge in [-0.2, -0.15) is 0 Å². The Kier molecular flexibility index (Phi) is 9.61. The summed E-state index contributed by atoms with van der Waals surface area (Å²) in [6, 6.07) is 16.3. The molecule has 220 valence electrons. The van der Waals surface area contributed by atoms with Gasteiger partial charge in [-0.25, -0.2) is 0 Å². The van der Waals surface area contributed by atoms with Crippen LogP contribution in [0.5, 0.6) is 5.75 Å². The second kappa shape index (κ2) is 13.2. The lowest BCUT2D eigenvalue weighted by atomic mass is 9.70. The zero-order valence-electron chi connectivity index (χ0n) is 23.3. The molecular weight excluding hydrogens is 606 g/mol. The second-order valence-electron chi connectivity index (χ2n) is 11.0. The molecular formula is C31H38BrN3O5S. The summed E-state index contributed by atoms with van der Waals surface area (Å²) in [7, 11) is 0. The number of fused-ring (bicyclic) bond motifs is 1. The number of alkyl halides is 1. The van der Waals surface area contributed by atoms with Crippen LogP contribution in [0.4, 0.5) is 5.69 Å². The Labute approximate surface area is 254 Å². The number of nitrogens with one attached hydrogen (secondary N) is 2. The summed E-state index contributed by atoms with van der Waals surface area (Å²) < 4.78 is 4.84. The lowest BCUT2D eigenvalue weighted by molar-refractivity contribution is -0.139. The molecule has 3 aliphatic rings.